The molecule has 2 heteroatoms. The highest BCUT2D eigenvalue weighted by Gasteiger charge is 2.08. The van der Waals surface area contributed by atoms with Crippen molar-refractivity contribution in [2.24, 2.45) is 0 Å². The fraction of sp³-hybridized carbons (Fsp3) is 0.125. The summed E-state index contributed by atoms with van der Waals surface area (Å²) < 4.78 is 0. The number of rotatable bonds is 2. The number of hydrogen-bond donors (Lipinski definition) is 0. The van der Waals surface area contributed by atoms with Crippen molar-refractivity contribution < 1.29 is 4.79 Å². The number of aryl methyl sites for hydroxylation is 2. The Kier molecular flexibility index (Phi) is 3.25. The van der Waals surface area contributed by atoms with Crippen molar-refractivity contribution >= 4 is 6.29 Å². The number of nitriles is 1. The zero-order chi connectivity index (χ0) is 13.1. The molecule has 0 bridgehead atoms. The second-order valence-corrected chi connectivity index (χ2v) is 4.34. The van der Waals surface area contributed by atoms with Crippen molar-refractivity contribution in [2.45, 2.75) is 13.8 Å². The van der Waals surface area contributed by atoms with Gasteiger partial charge in [0.05, 0.1) is 11.6 Å². The Morgan fingerprint density at radius 3 is 2.33 bits per heavy atom. The van der Waals surface area contributed by atoms with Crippen LogP contribution in [0.3, 0.4) is 0 Å². The van der Waals surface area contributed by atoms with Gasteiger partial charge in [-0.2, -0.15) is 5.26 Å². The maximum absolute atomic E-state index is 10.8. The zero-order valence-electron chi connectivity index (χ0n) is 10.4. The van der Waals surface area contributed by atoms with Crippen LogP contribution < -0.4 is 0 Å². The Morgan fingerprint density at radius 1 is 1.11 bits per heavy atom. The maximum Gasteiger partial charge on any atom is 0.150 e. The molecule has 0 fully saturated rings. The second-order valence-electron chi connectivity index (χ2n) is 4.34. The third-order valence-electron chi connectivity index (χ3n) is 2.97. The van der Waals surface area contributed by atoms with Crippen LogP contribution in [0.4, 0.5) is 0 Å². The van der Waals surface area contributed by atoms with Gasteiger partial charge in [0.15, 0.2) is 0 Å². The summed E-state index contributed by atoms with van der Waals surface area (Å²) in [6, 6.07) is 13.4. The van der Waals surface area contributed by atoms with E-state index in [-0.39, 0.29) is 0 Å². The highest BCUT2D eigenvalue weighted by molar-refractivity contribution is 5.80. The lowest BCUT2D eigenvalue weighted by atomic mass is 9.93. The van der Waals surface area contributed by atoms with Gasteiger partial charge < -0.3 is 0 Å². The molecule has 0 aliphatic heterocycles. The van der Waals surface area contributed by atoms with E-state index in [2.05, 4.69) is 6.07 Å². The van der Waals surface area contributed by atoms with Gasteiger partial charge in [-0.05, 0) is 54.3 Å². The number of nitrogens with zero attached hydrogens (tertiary/aromatic N) is 1. The second kappa shape index (κ2) is 4.85. The first-order valence-corrected chi connectivity index (χ1v) is 5.72. The highest BCUT2D eigenvalue weighted by atomic mass is 16.1. The van der Waals surface area contributed by atoms with Crippen LogP contribution in [0, 0.1) is 25.2 Å². The largest absolute Gasteiger partial charge is 0.298 e. The van der Waals surface area contributed by atoms with Crippen molar-refractivity contribution in [3.63, 3.8) is 0 Å². The Balaban J connectivity index is 2.64. The molecule has 0 saturated heterocycles. The van der Waals surface area contributed by atoms with Crippen LogP contribution in [0.15, 0.2) is 36.4 Å². The van der Waals surface area contributed by atoms with Crippen molar-refractivity contribution in [1.82, 2.24) is 0 Å². The Hall–Kier alpha value is -2.40. The van der Waals surface area contributed by atoms with Crippen LogP contribution in [0.1, 0.15) is 27.0 Å². The summed E-state index contributed by atoms with van der Waals surface area (Å²) in [6.45, 7) is 3.97. The van der Waals surface area contributed by atoms with Crippen molar-refractivity contribution in [1.29, 1.82) is 5.26 Å². The Bertz CT molecular complexity index is 627. The lowest BCUT2D eigenvalue weighted by Crippen LogP contribution is -1.91. The minimum Gasteiger partial charge on any atom is -0.298 e. The van der Waals surface area contributed by atoms with E-state index in [0.717, 1.165) is 28.5 Å². The molecule has 0 radical (unpaired) electrons. The molecule has 18 heavy (non-hydrogen) atoms. The first kappa shape index (κ1) is 12.1. The molecular formula is C16H13NO. The van der Waals surface area contributed by atoms with Gasteiger partial charge in [-0.3, -0.25) is 4.79 Å². The van der Waals surface area contributed by atoms with E-state index in [1.807, 2.05) is 44.2 Å². The number of aldehydes is 1. The average Bonchev–Trinajstić information content (AvgIpc) is 2.38. The molecule has 88 valence electrons. The lowest BCUT2D eigenvalue weighted by molar-refractivity contribution is 0.112. The van der Waals surface area contributed by atoms with Gasteiger partial charge in [0.2, 0.25) is 0 Å². The summed E-state index contributed by atoms with van der Waals surface area (Å²) in [5.41, 5.74) is 5.54. The molecule has 2 nitrogen and oxygen atoms in total. The molecule has 2 rings (SSSR count). The van der Waals surface area contributed by atoms with Crippen LogP contribution in [-0.4, -0.2) is 6.29 Å². The van der Waals surface area contributed by atoms with Crippen LogP contribution in [0.5, 0.6) is 0 Å². The van der Waals surface area contributed by atoms with Crippen molar-refractivity contribution in [3.05, 3.63) is 58.7 Å². The Labute approximate surface area is 107 Å². The summed E-state index contributed by atoms with van der Waals surface area (Å²) in [7, 11) is 0. The van der Waals surface area contributed by atoms with E-state index in [1.165, 1.54) is 0 Å². The van der Waals surface area contributed by atoms with Gasteiger partial charge in [0.1, 0.15) is 6.29 Å². The van der Waals surface area contributed by atoms with Crippen LogP contribution in [0.2, 0.25) is 0 Å². The molecule has 0 saturated carbocycles. The lowest BCUT2D eigenvalue weighted by Gasteiger charge is -2.11. The molecule has 2 aromatic carbocycles. The van der Waals surface area contributed by atoms with Gasteiger partial charge in [-0.15, -0.1) is 0 Å². The predicted octanol–water partition coefficient (Wildman–Crippen LogP) is 3.65. The van der Waals surface area contributed by atoms with E-state index in [9.17, 15) is 4.79 Å². The van der Waals surface area contributed by atoms with E-state index in [4.69, 9.17) is 5.26 Å². The first-order valence-electron chi connectivity index (χ1n) is 5.72. The maximum atomic E-state index is 10.8. The SMILES string of the molecule is Cc1cc(C#N)cc(C)c1-c1cccc(C=O)c1. The van der Waals surface area contributed by atoms with Crippen molar-refractivity contribution in [3.8, 4) is 17.2 Å². The van der Waals surface area contributed by atoms with Gasteiger partial charge in [-0.1, -0.05) is 18.2 Å². The molecular weight excluding hydrogens is 222 g/mol. The molecule has 0 N–H and O–H groups in total. The number of carbonyl (C=O) groups is 1. The van der Waals surface area contributed by atoms with E-state index < -0.39 is 0 Å². The summed E-state index contributed by atoms with van der Waals surface area (Å²) in [5, 5.41) is 8.93. The standard InChI is InChI=1S/C16H13NO/c1-11-6-14(9-17)7-12(2)16(11)15-5-3-4-13(8-15)10-18/h3-8,10H,1-2H3. The monoisotopic (exact) mass is 235 g/mol. The molecule has 0 unspecified atom stereocenters. The van der Waals surface area contributed by atoms with Crippen molar-refractivity contribution in [2.75, 3.05) is 0 Å². The molecule has 0 atom stereocenters. The minimum atomic E-state index is 0.663. The average molecular weight is 235 g/mol. The third-order valence-corrected chi connectivity index (χ3v) is 2.97. The van der Waals surface area contributed by atoms with Gasteiger partial charge in [0.25, 0.3) is 0 Å². The van der Waals surface area contributed by atoms with E-state index >= 15 is 0 Å². The predicted molar refractivity (Wildman–Crippen MR) is 71.5 cm³/mol. The van der Waals surface area contributed by atoms with Crippen LogP contribution >= 0.6 is 0 Å². The van der Waals surface area contributed by atoms with Gasteiger partial charge in [-0.25, -0.2) is 0 Å². The van der Waals surface area contributed by atoms with Crippen LogP contribution in [0.25, 0.3) is 11.1 Å². The number of carbonyl (C=O) groups excluding carboxylic acids is 1. The normalized spacial score (nSPS) is 9.83. The quantitative estimate of drug-likeness (QED) is 0.745. The molecule has 0 heterocycles. The third kappa shape index (κ3) is 2.16. The topological polar surface area (TPSA) is 40.9 Å². The Morgan fingerprint density at radius 2 is 1.78 bits per heavy atom. The smallest absolute Gasteiger partial charge is 0.150 e. The first-order chi connectivity index (χ1) is 8.65. The molecule has 0 spiro atoms. The summed E-state index contributed by atoms with van der Waals surface area (Å²) >= 11 is 0. The number of hydrogen-bond acceptors (Lipinski definition) is 2. The highest BCUT2D eigenvalue weighted by Crippen LogP contribution is 2.28. The summed E-state index contributed by atoms with van der Waals surface area (Å²) in [6.07, 6.45) is 0.845. The summed E-state index contributed by atoms with van der Waals surface area (Å²) in [4.78, 5) is 10.8. The van der Waals surface area contributed by atoms with Gasteiger partial charge in [0, 0.05) is 5.56 Å². The molecule has 0 aromatic heterocycles. The zero-order valence-corrected chi connectivity index (χ0v) is 10.4. The molecule has 0 aliphatic carbocycles. The fourth-order valence-corrected chi connectivity index (χ4v) is 2.25. The van der Waals surface area contributed by atoms with Gasteiger partial charge >= 0.3 is 0 Å². The van der Waals surface area contributed by atoms with E-state index in [1.54, 1.807) is 6.07 Å². The van der Waals surface area contributed by atoms with E-state index in [0.29, 0.717) is 11.1 Å². The minimum absolute atomic E-state index is 0.663. The molecule has 0 amide bonds. The fourth-order valence-electron chi connectivity index (χ4n) is 2.25. The molecule has 2 aromatic rings. The number of benzene rings is 2. The van der Waals surface area contributed by atoms with Crippen LogP contribution in [-0.2, 0) is 0 Å². The molecule has 0 aliphatic rings. The summed E-state index contributed by atoms with van der Waals surface area (Å²) in [5.74, 6) is 0.